The van der Waals surface area contributed by atoms with Crippen molar-refractivity contribution in [1.82, 2.24) is 4.98 Å². The van der Waals surface area contributed by atoms with Crippen LogP contribution in [0.4, 0.5) is 5.69 Å². The van der Waals surface area contributed by atoms with E-state index in [1.807, 2.05) is 48.5 Å². The number of aromatic nitrogens is 1. The fourth-order valence-electron chi connectivity index (χ4n) is 2.49. The zero-order chi connectivity index (χ0) is 18.5. The van der Waals surface area contributed by atoms with Gasteiger partial charge in [-0.1, -0.05) is 17.7 Å². The molecule has 0 unspecified atom stereocenters. The number of rotatable bonds is 5. The maximum atomic E-state index is 8.96. The molecule has 1 N–H and O–H groups in total. The second-order valence-corrected chi connectivity index (χ2v) is 6.43. The van der Waals surface area contributed by atoms with Crippen molar-refractivity contribution in [2.45, 2.75) is 20.4 Å². The summed E-state index contributed by atoms with van der Waals surface area (Å²) in [4.78, 5) is 3.97. The average molecular weight is 364 g/mol. The Morgan fingerprint density at radius 1 is 1.08 bits per heavy atom. The zero-order valence-electron chi connectivity index (χ0n) is 14.6. The second-order valence-electron chi connectivity index (χ2n) is 6.00. The van der Waals surface area contributed by atoms with Crippen LogP contribution >= 0.6 is 11.6 Å². The van der Waals surface area contributed by atoms with Crippen LogP contribution < -0.4 is 10.1 Å². The van der Waals surface area contributed by atoms with E-state index in [0.717, 1.165) is 22.7 Å². The molecule has 0 saturated heterocycles. The van der Waals surface area contributed by atoms with Crippen LogP contribution in [0.5, 0.6) is 11.5 Å². The Morgan fingerprint density at radius 3 is 2.69 bits per heavy atom. The van der Waals surface area contributed by atoms with Crippen LogP contribution in [0, 0.1) is 25.2 Å². The fraction of sp³-hybridized carbons (Fsp3) is 0.143. The Bertz CT molecular complexity index is 979. The summed E-state index contributed by atoms with van der Waals surface area (Å²) in [7, 11) is 0. The first kappa shape index (κ1) is 17.8. The minimum Gasteiger partial charge on any atom is -0.457 e. The third kappa shape index (κ3) is 4.33. The van der Waals surface area contributed by atoms with Gasteiger partial charge in [0.25, 0.3) is 0 Å². The van der Waals surface area contributed by atoms with Crippen molar-refractivity contribution in [1.29, 1.82) is 5.26 Å². The minimum atomic E-state index is 0.368. The van der Waals surface area contributed by atoms with Crippen LogP contribution in [0.25, 0.3) is 0 Å². The van der Waals surface area contributed by atoms with Gasteiger partial charge in [-0.3, -0.25) is 0 Å². The van der Waals surface area contributed by atoms with E-state index in [1.54, 1.807) is 12.3 Å². The standard InChI is InChI=1S/C21H18ClN3O/c1-14-3-5-20(9-15(14)2)26-21-6-4-17(22)10-16(21)13-25-18-7-8-24-19(11-18)12-23/h3-11H,13H2,1-2H3,(H,24,25). The van der Waals surface area contributed by atoms with Crippen LogP contribution in [0.2, 0.25) is 5.02 Å². The highest BCUT2D eigenvalue weighted by Crippen LogP contribution is 2.29. The largest absolute Gasteiger partial charge is 0.457 e. The van der Waals surface area contributed by atoms with Gasteiger partial charge in [-0.15, -0.1) is 0 Å². The molecular weight excluding hydrogens is 346 g/mol. The quantitative estimate of drug-likeness (QED) is 0.638. The van der Waals surface area contributed by atoms with Crippen molar-refractivity contribution in [2.75, 3.05) is 5.32 Å². The fourth-order valence-corrected chi connectivity index (χ4v) is 2.68. The monoisotopic (exact) mass is 363 g/mol. The molecule has 0 bridgehead atoms. The molecule has 0 fully saturated rings. The van der Waals surface area contributed by atoms with Gasteiger partial charge >= 0.3 is 0 Å². The van der Waals surface area contributed by atoms with Crippen LogP contribution in [0.3, 0.4) is 0 Å². The summed E-state index contributed by atoms with van der Waals surface area (Å²) in [6.45, 7) is 4.64. The van der Waals surface area contributed by atoms with Gasteiger partial charge in [0.2, 0.25) is 0 Å². The summed E-state index contributed by atoms with van der Waals surface area (Å²) in [5.74, 6) is 1.52. The Hall–Kier alpha value is -3.03. The lowest BCUT2D eigenvalue weighted by atomic mass is 10.1. The molecule has 4 nitrogen and oxygen atoms in total. The normalized spacial score (nSPS) is 10.2. The molecule has 0 aliphatic heterocycles. The minimum absolute atomic E-state index is 0.368. The number of halogens is 1. The molecular formula is C21H18ClN3O. The van der Waals surface area contributed by atoms with Gasteiger partial charge in [0, 0.05) is 29.0 Å². The van der Waals surface area contributed by atoms with Gasteiger partial charge in [-0.25, -0.2) is 4.98 Å². The first-order chi connectivity index (χ1) is 12.5. The smallest absolute Gasteiger partial charge is 0.142 e. The lowest BCUT2D eigenvalue weighted by Gasteiger charge is -2.14. The zero-order valence-corrected chi connectivity index (χ0v) is 15.3. The highest BCUT2D eigenvalue weighted by molar-refractivity contribution is 6.30. The number of nitrogens with zero attached hydrogens (tertiary/aromatic N) is 2. The van der Waals surface area contributed by atoms with Crippen LogP contribution in [-0.4, -0.2) is 4.98 Å². The summed E-state index contributed by atoms with van der Waals surface area (Å²) in [5.41, 5.74) is 4.51. The maximum Gasteiger partial charge on any atom is 0.142 e. The number of nitriles is 1. The molecule has 2 aromatic carbocycles. The number of benzene rings is 2. The molecule has 130 valence electrons. The summed E-state index contributed by atoms with van der Waals surface area (Å²) < 4.78 is 6.07. The van der Waals surface area contributed by atoms with E-state index < -0.39 is 0 Å². The van der Waals surface area contributed by atoms with E-state index in [9.17, 15) is 0 Å². The molecule has 0 atom stereocenters. The Kier molecular flexibility index (Phi) is 5.40. The number of pyridine rings is 1. The van der Waals surface area contributed by atoms with E-state index >= 15 is 0 Å². The Balaban J connectivity index is 1.81. The van der Waals surface area contributed by atoms with Crippen molar-refractivity contribution in [2.24, 2.45) is 0 Å². The molecule has 3 aromatic rings. The third-order valence-corrected chi connectivity index (χ3v) is 4.32. The number of ether oxygens (including phenoxy) is 1. The summed E-state index contributed by atoms with van der Waals surface area (Å²) in [5, 5.41) is 12.9. The maximum absolute atomic E-state index is 8.96. The molecule has 0 radical (unpaired) electrons. The lowest BCUT2D eigenvalue weighted by molar-refractivity contribution is 0.476. The molecule has 5 heteroatoms. The summed E-state index contributed by atoms with van der Waals surface area (Å²) >= 11 is 6.16. The van der Waals surface area contributed by atoms with E-state index in [0.29, 0.717) is 17.3 Å². The summed E-state index contributed by atoms with van der Waals surface area (Å²) in [6, 6.07) is 17.1. The average Bonchev–Trinajstić information content (AvgIpc) is 2.65. The van der Waals surface area contributed by atoms with Gasteiger partial charge in [0.1, 0.15) is 23.3 Å². The van der Waals surface area contributed by atoms with E-state index in [-0.39, 0.29) is 0 Å². The number of hydrogen-bond acceptors (Lipinski definition) is 4. The van der Waals surface area contributed by atoms with E-state index in [1.165, 1.54) is 11.1 Å². The Morgan fingerprint density at radius 2 is 1.92 bits per heavy atom. The number of aryl methyl sites for hydroxylation is 2. The van der Waals surface area contributed by atoms with Crippen molar-refractivity contribution >= 4 is 17.3 Å². The van der Waals surface area contributed by atoms with Crippen LogP contribution in [0.1, 0.15) is 22.4 Å². The molecule has 0 amide bonds. The molecule has 26 heavy (non-hydrogen) atoms. The molecule has 0 spiro atoms. The van der Waals surface area contributed by atoms with Crippen molar-refractivity contribution in [3.63, 3.8) is 0 Å². The Labute approximate surface area is 158 Å². The number of hydrogen-bond donors (Lipinski definition) is 1. The van der Waals surface area contributed by atoms with Gasteiger partial charge < -0.3 is 10.1 Å². The third-order valence-electron chi connectivity index (χ3n) is 4.09. The van der Waals surface area contributed by atoms with Crippen molar-refractivity contribution in [3.8, 4) is 17.6 Å². The van der Waals surface area contributed by atoms with Gasteiger partial charge in [0.15, 0.2) is 0 Å². The first-order valence-corrected chi connectivity index (χ1v) is 8.56. The number of anilines is 1. The highest BCUT2D eigenvalue weighted by atomic mass is 35.5. The van der Waals surface area contributed by atoms with Crippen LogP contribution in [-0.2, 0) is 6.54 Å². The predicted octanol–water partition coefficient (Wildman–Crippen LogP) is 5.63. The topological polar surface area (TPSA) is 57.9 Å². The van der Waals surface area contributed by atoms with Crippen LogP contribution in [0.15, 0.2) is 54.7 Å². The van der Waals surface area contributed by atoms with Crippen molar-refractivity contribution in [3.05, 3.63) is 82.1 Å². The lowest BCUT2D eigenvalue weighted by Crippen LogP contribution is -2.02. The van der Waals surface area contributed by atoms with Gasteiger partial charge in [-0.05, 0) is 67.4 Å². The number of nitrogens with one attached hydrogen (secondary N) is 1. The van der Waals surface area contributed by atoms with E-state index in [4.69, 9.17) is 21.6 Å². The SMILES string of the molecule is Cc1ccc(Oc2ccc(Cl)cc2CNc2ccnc(C#N)c2)cc1C. The molecule has 0 saturated carbocycles. The molecule has 3 rings (SSSR count). The predicted molar refractivity (Wildman–Crippen MR) is 104 cm³/mol. The summed E-state index contributed by atoms with van der Waals surface area (Å²) in [6.07, 6.45) is 1.60. The van der Waals surface area contributed by atoms with E-state index in [2.05, 4.69) is 24.1 Å². The first-order valence-electron chi connectivity index (χ1n) is 8.19. The molecule has 0 aliphatic carbocycles. The van der Waals surface area contributed by atoms with Gasteiger partial charge in [-0.2, -0.15) is 5.26 Å². The van der Waals surface area contributed by atoms with Gasteiger partial charge in [0.05, 0.1) is 0 Å². The second kappa shape index (κ2) is 7.90. The molecule has 0 aliphatic rings. The van der Waals surface area contributed by atoms with Crippen molar-refractivity contribution < 1.29 is 4.74 Å². The molecule has 1 aromatic heterocycles. The molecule has 1 heterocycles. The highest BCUT2D eigenvalue weighted by Gasteiger charge is 2.08.